The maximum Gasteiger partial charge on any atom is 0.139 e. The molecule has 0 bridgehead atoms. The van der Waals surface area contributed by atoms with Crippen LogP contribution < -0.4 is 5.73 Å². The van der Waals surface area contributed by atoms with Crippen LogP contribution in [-0.4, -0.2) is 23.2 Å². The first kappa shape index (κ1) is 19.4. The van der Waals surface area contributed by atoms with Crippen LogP contribution >= 0.6 is 0 Å². The number of ketones is 1. The molecule has 0 amide bonds. The number of fused-ring (bicyclic) bond motifs is 5. The normalized spacial score (nSPS) is 48.2. The Morgan fingerprint density at radius 1 is 1.15 bits per heavy atom. The summed E-state index contributed by atoms with van der Waals surface area (Å²) in [5.41, 5.74) is 6.87. The Hall–Kier alpha value is -0.900. The Kier molecular flexibility index (Phi) is 5.15. The van der Waals surface area contributed by atoms with Gasteiger partial charge in [0.15, 0.2) is 0 Å². The molecule has 0 spiro atoms. The van der Waals surface area contributed by atoms with Gasteiger partial charge in [-0.2, -0.15) is 0 Å². The third-order valence-electron chi connectivity index (χ3n) is 9.49. The molecule has 4 aliphatic rings. The summed E-state index contributed by atoms with van der Waals surface area (Å²) in [7, 11) is 0. The second-order valence-corrected chi connectivity index (χ2v) is 10.6. The first-order chi connectivity index (χ1) is 12.9. The highest BCUT2D eigenvalue weighted by Gasteiger charge is 2.61. The van der Waals surface area contributed by atoms with Crippen LogP contribution in [0.4, 0.5) is 0 Å². The SMILES string of the molecule is C[C@]12CC[C@@H](CCCCN)CC1/C(=N/O)C[C@@H]1[C@@H]2CC[C@]2(C)C(=O)CC[C@@H]12. The van der Waals surface area contributed by atoms with E-state index < -0.39 is 0 Å². The quantitative estimate of drug-likeness (QED) is 0.422. The lowest BCUT2D eigenvalue weighted by Crippen LogP contribution is -2.56. The summed E-state index contributed by atoms with van der Waals surface area (Å²) < 4.78 is 0. The summed E-state index contributed by atoms with van der Waals surface area (Å²) in [6, 6.07) is 0. The molecule has 3 N–H and O–H groups in total. The molecule has 0 heterocycles. The van der Waals surface area contributed by atoms with Crippen LogP contribution in [0.3, 0.4) is 0 Å². The molecule has 7 atom stereocenters. The van der Waals surface area contributed by atoms with Crippen LogP contribution in [0.5, 0.6) is 0 Å². The van der Waals surface area contributed by atoms with Crippen molar-refractivity contribution in [1.82, 2.24) is 0 Å². The van der Waals surface area contributed by atoms with Crippen molar-refractivity contribution in [2.75, 3.05) is 6.54 Å². The van der Waals surface area contributed by atoms with Gasteiger partial charge in [-0.05, 0) is 87.0 Å². The first-order valence-corrected chi connectivity index (χ1v) is 11.4. The molecule has 4 rings (SSSR count). The molecule has 0 aliphatic heterocycles. The predicted molar refractivity (Wildman–Crippen MR) is 108 cm³/mol. The molecular weight excluding hydrogens is 336 g/mol. The highest BCUT2D eigenvalue weighted by molar-refractivity contribution is 5.90. The van der Waals surface area contributed by atoms with E-state index in [4.69, 9.17) is 5.73 Å². The molecule has 4 nitrogen and oxygen atoms in total. The highest BCUT2D eigenvalue weighted by Crippen LogP contribution is 2.65. The third kappa shape index (κ3) is 2.97. The van der Waals surface area contributed by atoms with Crippen LogP contribution in [0, 0.1) is 40.4 Å². The lowest BCUT2D eigenvalue weighted by molar-refractivity contribution is -0.134. The van der Waals surface area contributed by atoms with Gasteiger partial charge in [-0.1, -0.05) is 31.8 Å². The Balaban J connectivity index is 1.57. The molecule has 0 aromatic rings. The van der Waals surface area contributed by atoms with Crippen LogP contribution in [0.1, 0.15) is 84.5 Å². The number of nitrogens with two attached hydrogens (primary N) is 1. The minimum absolute atomic E-state index is 0.107. The van der Waals surface area contributed by atoms with Crippen molar-refractivity contribution < 1.29 is 10.0 Å². The van der Waals surface area contributed by atoms with Crippen LogP contribution in [-0.2, 0) is 4.79 Å². The zero-order chi connectivity index (χ0) is 19.2. The van der Waals surface area contributed by atoms with Gasteiger partial charge in [-0.15, -0.1) is 0 Å². The molecule has 1 unspecified atom stereocenters. The van der Waals surface area contributed by atoms with Gasteiger partial charge in [0.1, 0.15) is 5.78 Å². The van der Waals surface area contributed by atoms with Crippen molar-refractivity contribution in [2.24, 2.45) is 51.3 Å². The van der Waals surface area contributed by atoms with Crippen molar-refractivity contribution in [1.29, 1.82) is 0 Å². The van der Waals surface area contributed by atoms with E-state index in [-0.39, 0.29) is 10.8 Å². The number of oxime groups is 1. The second-order valence-electron chi connectivity index (χ2n) is 10.6. The smallest absolute Gasteiger partial charge is 0.139 e. The fraction of sp³-hybridized carbons (Fsp3) is 0.913. The van der Waals surface area contributed by atoms with Crippen LogP contribution in [0.2, 0.25) is 0 Å². The molecule has 0 aromatic carbocycles. The van der Waals surface area contributed by atoms with E-state index in [1.54, 1.807) is 0 Å². The van der Waals surface area contributed by atoms with E-state index in [1.165, 1.54) is 38.5 Å². The summed E-state index contributed by atoms with van der Waals surface area (Å²) in [6.07, 6.45) is 12.4. The number of carbonyl (C=O) groups is 1. The lowest BCUT2D eigenvalue weighted by Gasteiger charge is -2.60. The molecule has 27 heavy (non-hydrogen) atoms. The fourth-order valence-corrected chi connectivity index (χ4v) is 7.87. The number of carbonyl (C=O) groups excluding carboxylic acids is 1. The van der Waals surface area contributed by atoms with E-state index in [1.807, 2.05) is 0 Å². The number of rotatable bonds is 4. The average Bonchev–Trinajstić information content (AvgIpc) is 2.96. The van der Waals surface area contributed by atoms with Gasteiger partial charge in [0, 0.05) is 17.8 Å². The Morgan fingerprint density at radius 3 is 2.70 bits per heavy atom. The van der Waals surface area contributed by atoms with Gasteiger partial charge in [0.2, 0.25) is 0 Å². The van der Waals surface area contributed by atoms with Gasteiger partial charge in [-0.3, -0.25) is 4.79 Å². The van der Waals surface area contributed by atoms with Gasteiger partial charge in [0.05, 0.1) is 5.71 Å². The Labute approximate surface area is 164 Å². The zero-order valence-corrected chi connectivity index (χ0v) is 17.3. The first-order valence-electron chi connectivity index (χ1n) is 11.4. The van der Waals surface area contributed by atoms with Crippen molar-refractivity contribution in [2.45, 2.75) is 84.5 Å². The van der Waals surface area contributed by atoms with Crippen LogP contribution in [0.15, 0.2) is 5.16 Å². The molecule has 0 saturated heterocycles. The standard InChI is InChI=1S/C23H38N2O2/c1-22-10-8-15(5-3-4-12-24)13-19(22)20(25-27)14-16-17-6-7-21(26)23(17,2)11-9-18(16)22/h15-19,27H,3-14,24H2,1-2H3/b25-20+/t15-,16+,17+,18+,19?,22-,23+/m1/s1. The Morgan fingerprint density at radius 2 is 1.96 bits per heavy atom. The van der Waals surface area contributed by atoms with Gasteiger partial charge < -0.3 is 10.9 Å². The molecule has 4 aliphatic carbocycles. The summed E-state index contributed by atoms with van der Waals surface area (Å²) in [5.74, 6) is 3.41. The molecule has 0 radical (unpaired) electrons. The van der Waals surface area contributed by atoms with Crippen molar-refractivity contribution in [3.05, 3.63) is 0 Å². The lowest BCUT2D eigenvalue weighted by atomic mass is 9.44. The van der Waals surface area contributed by atoms with Gasteiger partial charge >= 0.3 is 0 Å². The summed E-state index contributed by atoms with van der Waals surface area (Å²) in [6.45, 7) is 5.50. The molecule has 4 saturated carbocycles. The molecule has 4 fully saturated rings. The summed E-state index contributed by atoms with van der Waals surface area (Å²) in [4.78, 5) is 12.6. The molecule has 0 aromatic heterocycles. The van der Waals surface area contributed by atoms with E-state index in [0.717, 1.165) is 50.3 Å². The van der Waals surface area contributed by atoms with E-state index in [9.17, 15) is 10.0 Å². The molecule has 152 valence electrons. The van der Waals surface area contributed by atoms with Crippen molar-refractivity contribution >= 4 is 11.5 Å². The summed E-state index contributed by atoms with van der Waals surface area (Å²) >= 11 is 0. The topological polar surface area (TPSA) is 75.7 Å². The number of unbranched alkanes of at least 4 members (excludes halogenated alkanes) is 1. The predicted octanol–water partition coefficient (Wildman–Crippen LogP) is 4.78. The Bertz CT molecular complexity index is 617. The second kappa shape index (κ2) is 7.17. The van der Waals surface area contributed by atoms with Gasteiger partial charge in [-0.25, -0.2) is 0 Å². The van der Waals surface area contributed by atoms with Crippen molar-refractivity contribution in [3.8, 4) is 0 Å². The summed E-state index contributed by atoms with van der Waals surface area (Å²) in [5, 5.41) is 13.8. The van der Waals surface area contributed by atoms with Crippen molar-refractivity contribution in [3.63, 3.8) is 0 Å². The minimum atomic E-state index is -0.107. The minimum Gasteiger partial charge on any atom is -0.411 e. The fourth-order valence-electron chi connectivity index (χ4n) is 7.87. The zero-order valence-electron chi connectivity index (χ0n) is 17.3. The number of nitrogens with zero attached hydrogens (tertiary/aromatic N) is 1. The number of hydrogen-bond acceptors (Lipinski definition) is 4. The number of hydrogen-bond donors (Lipinski definition) is 2. The largest absolute Gasteiger partial charge is 0.411 e. The maximum atomic E-state index is 12.6. The van der Waals surface area contributed by atoms with E-state index in [0.29, 0.717) is 29.5 Å². The molecular formula is C23H38N2O2. The highest BCUT2D eigenvalue weighted by atomic mass is 16.4. The van der Waals surface area contributed by atoms with Crippen LogP contribution in [0.25, 0.3) is 0 Å². The monoisotopic (exact) mass is 374 g/mol. The molecule has 4 heteroatoms. The van der Waals surface area contributed by atoms with E-state index >= 15 is 0 Å². The number of Topliss-reactive ketones (excluding diaryl/α,β-unsaturated/α-hetero) is 1. The maximum absolute atomic E-state index is 12.6. The van der Waals surface area contributed by atoms with E-state index in [2.05, 4.69) is 19.0 Å². The average molecular weight is 375 g/mol. The third-order valence-corrected chi connectivity index (χ3v) is 9.49. The van der Waals surface area contributed by atoms with Gasteiger partial charge in [0.25, 0.3) is 0 Å².